The largest absolute Gasteiger partial charge is 0.388 e. The summed E-state index contributed by atoms with van der Waals surface area (Å²) in [6.07, 6.45) is 7.38. The van der Waals surface area contributed by atoms with Crippen LogP contribution in [-0.4, -0.2) is 34.8 Å². The van der Waals surface area contributed by atoms with E-state index in [1.807, 2.05) is 23.0 Å². The van der Waals surface area contributed by atoms with Crippen LogP contribution in [0.1, 0.15) is 37.4 Å². The normalized spacial score (nSPS) is 21.6. The first-order chi connectivity index (χ1) is 9.72. The van der Waals surface area contributed by atoms with Crippen LogP contribution in [0.15, 0.2) is 18.5 Å². The lowest BCUT2D eigenvalue weighted by Gasteiger charge is -2.23. The van der Waals surface area contributed by atoms with Gasteiger partial charge < -0.3 is 19.7 Å². The SMILES string of the molecule is O=C(Cn1ccc(C(O)C2CC2)c1)NC1CCOCC1. The number of rotatable bonds is 5. The standard InChI is InChI=1S/C15H22N2O3/c18-14(16-13-4-7-20-8-5-13)10-17-6-3-12(9-17)15(19)11-1-2-11/h3,6,9,11,13,15,19H,1-2,4-5,7-8,10H2,(H,16,18). The van der Waals surface area contributed by atoms with Crippen molar-refractivity contribution < 1.29 is 14.6 Å². The van der Waals surface area contributed by atoms with E-state index in [0.29, 0.717) is 12.5 Å². The van der Waals surface area contributed by atoms with Gasteiger partial charge in [0.25, 0.3) is 0 Å². The fraction of sp³-hybridized carbons (Fsp3) is 0.667. The number of nitrogens with one attached hydrogen (secondary N) is 1. The highest BCUT2D eigenvalue weighted by molar-refractivity contribution is 5.76. The third-order valence-electron chi connectivity index (χ3n) is 4.10. The van der Waals surface area contributed by atoms with Crippen LogP contribution in [0.2, 0.25) is 0 Å². The van der Waals surface area contributed by atoms with Crippen LogP contribution < -0.4 is 5.32 Å². The van der Waals surface area contributed by atoms with Crippen molar-refractivity contribution in [2.45, 2.75) is 44.4 Å². The molecule has 1 unspecified atom stereocenters. The third kappa shape index (κ3) is 3.41. The highest BCUT2D eigenvalue weighted by Gasteiger charge is 2.31. The molecule has 1 aromatic rings. The summed E-state index contributed by atoms with van der Waals surface area (Å²) >= 11 is 0. The summed E-state index contributed by atoms with van der Waals surface area (Å²) in [7, 11) is 0. The summed E-state index contributed by atoms with van der Waals surface area (Å²) in [5, 5.41) is 13.1. The maximum Gasteiger partial charge on any atom is 0.240 e. The van der Waals surface area contributed by atoms with E-state index < -0.39 is 0 Å². The Morgan fingerprint density at radius 2 is 2.15 bits per heavy atom. The van der Waals surface area contributed by atoms with Gasteiger partial charge in [0.2, 0.25) is 5.91 Å². The van der Waals surface area contributed by atoms with Gasteiger partial charge in [0, 0.05) is 31.6 Å². The number of ether oxygens (including phenoxy) is 1. The van der Waals surface area contributed by atoms with Gasteiger partial charge in [0.05, 0.1) is 6.10 Å². The number of carbonyl (C=O) groups excluding carboxylic acids is 1. The Kier molecular flexibility index (Phi) is 4.08. The first-order valence-electron chi connectivity index (χ1n) is 7.43. The Morgan fingerprint density at radius 3 is 2.85 bits per heavy atom. The van der Waals surface area contributed by atoms with Crippen LogP contribution in [-0.2, 0) is 16.1 Å². The molecule has 2 N–H and O–H groups in total. The van der Waals surface area contributed by atoms with Gasteiger partial charge in [-0.3, -0.25) is 4.79 Å². The van der Waals surface area contributed by atoms with Crippen LogP contribution in [0.5, 0.6) is 0 Å². The second-order valence-electron chi connectivity index (χ2n) is 5.85. The number of nitrogens with zero attached hydrogens (tertiary/aromatic N) is 1. The second-order valence-corrected chi connectivity index (χ2v) is 5.85. The van der Waals surface area contributed by atoms with E-state index in [1.54, 1.807) is 0 Å². The van der Waals surface area contributed by atoms with Crippen molar-refractivity contribution in [3.05, 3.63) is 24.0 Å². The van der Waals surface area contributed by atoms with Crippen LogP contribution >= 0.6 is 0 Å². The highest BCUT2D eigenvalue weighted by Crippen LogP contribution is 2.40. The average molecular weight is 278 g/mol. The number of hydrogen-bond acceptors (Lipinski definition) is 3. The van der Waals surface area contributed by atoms with Gasteiger partial charge in [-0.25, -0.2) is 0 Å². The van der Waals surface area contributed by atoms with E-state index in [2.05, 4.69) is 5.32 Å². The number of aliphatic hydroxyl groups excluding tert-OH is 1. The fourth-order valence-electron chi connectivity index (χ4n) is 2.70. The monoisotopic (exact) mass is 278 g/mol. The molecule has 1 saturated heterocycles. The van der Waals surface area contributed by atoms with Crippen LogP contribution in [0.25, 0.3) is 0 Å². The molecule has 0 aromatic carbocycles. The van der Waals surface area contributed by atoms with E-state index in [1.165, 1.54) is 0 Å². The van der Waals surface area contributed by atoms with Crippen molar-refractivity contribution in [2.24, 2.45) is 5.92 Å². The molecule has 2 aliphatic rings. The predicted molar refractivity (Wildman–Crippen MR) is 74.1 cm³/mol. The van der Waals surface area contributed by atoms with Gasteiger partial charge in [-0.15, -0.1) is 0 Å². The van der Waals surface area contributed by atoms with Crippen LogP contribution in [0, 0.1) is 5.92 Å². The summed E-state index contributed by atoms with van der Waals surface area (Å²) in [6, 6.07) is 2.15. The molecule has 0 spiro atoms. The van der Waals surface area contributed by atoms with Crippen molar-refractivity contribution >= 4 is 5.91 Å². The maximum absolute atomic E-state index is 12.0. The zero-order chi connectivity index (χ0) is 13.9. The smallest absolute Gasteiger partial charge is 0.240 e. The van der Waals surface area contributed by atoms with E-state index in [9.17, 15) is 9.90 Å². The van der Waals surface area contributed by atoms with Gasteiger partial charge in [-0.05, 0) is 43.2 Å². The minimum Gasteiger partial charge on any atom is -0.388 e. The number of carbonyl (C=O) groups is 1. The molecule has 110 valence electrons. The van der Waals surface area contributed by atoms with E-state index in [-0.39, 0.29) is 18.1 Å². The topological polar surface area (TPSA) is 63.5 Å². The molecule has 20 heavy (non-hydrogen) atoms. The Hall–Kier alpha value is -1.33. The molecule has 1 atom stereocenters. The number of aromatic nitrogens is 1. The van der Waals surface area contributed by atoms with Crippen LogP contribution in [0.4, 0.5) is 0 Å². The van der Waals surface area contributed by atoms with E-state index in [4.69, 9.17) is 4.74 Å². The minimum absolute atomic E-state index is 0.0277. The number of aliphatic hydroxyl groups is 1. The molecule has 1 aliphatic carbocycles. The fourth-order valence-corrected chi connectivity index (χ4v) is 2.70. The molecule has 0 radical (unpaired) electrons. The molecular formula is C15H22N2O3. The third-order valence-corrected chi connectivity index (χ3v) is 4.10. The summed E-state index contributed by atoms with van der Waals surface area (Å²) < 4.78 is 7.12. The number of amides is 1. The summed E-state index contributed by atoms with van der Waals surface area (Å²) in [5.74, 6) is 0.446. The summed E-state index contributed by atoms with van der Waals surface area (Å²) in [4.78, 5) is 12.0. The quantitative estimate of drug-likeness (QED) is 0.851. The zero-order valence-electron chi connectivity index (χ0n) is 11.6. The van der Waals surface area contributed by atoms with Crippen molar-refractivity contribution in [1.29, 1.82) is 0 Å². The molecule has 1 saturated carbocycles. The molecular weight excluding hydrogens is 256 g/mol. The summed E-state index contributed by atoms with van der Waals surface area (Å²) in [5.41, 5.74) is 0.923. The Bertz CT molecular complexity index is 461. The molecule has 1 aliphatic heterocycles. The molecule has 1 amide bonds. The Balaban J connectivity index is 1.50. The maximum atomic E-state index is 12.0. The van der Waals surface area contributed by atoms with Gasteiger partial charge in [0.15, 0.2) is 0 Å². The van der Waals surface area contributed by atoms with Crippen molar-refractivity contribution in [3.8, 4) is 0 Å². The Labute approximate surface area is 118 Å². The molecule has 0 bridgehead atoms. The summed E-state index contributed by atoms with van der Waals surface area (Å²) in [6.45, 7) is 1.77. The highest BCUT2D eigenvalue weighted by atomic mass is 16.5. The van der Waals surface area contributed by atoms with E-state index in [0.717, 1.165) is 44.5 Å². The van der Waals surface area contributed by atoms with Crippen molar-refractivity contribution in [1.82, 2.24) is 9.88 Å². The van der Waals surface area contributed by atoms with Gasteiger partial charge in [-0.2, -0.15) is 0 Å². The minimum atomic E-state index is -0.366. The zero-order valence-corrected chi connectivity index (χ0v) is 11.6. The molecule has 5 heteroatoms. The average Bonchev–Trinajstić information content (AvgIpc) is 3.19. The lowest BCUT2D eigenvalue weighted by Crippen LogP contribution is -2.40. The van der Waals surface area contributed by atoms with Gasteiger partial charge in [0.1, 0.15) is 6.54 Å². The van der Waals surface area contributed by atoms with Crippen LogP contribution in [0.3, 0.4) is 0 Å². The molecule has 2 heterocycles. The molecule has 2 fully saturated rings. The number of hydrogen-bond donors (Lipinski definition) is 2. The predicted octanol–water partition coefficient (Wildman–Crippen LogP) is 1.23. The second kappa shape index (κ2) is 5.97. The first kappa shape index (κ1) is 13.6. The molecule has 5 nitrogen and oxygen atoms in total. The molecule has 3 rings (SSSR count). The molecule has 1 aromatic heterocycles. The lowest BCUT2D eigenvalue weighted by atomic mass is 10.1. The lowest BCUT2D eigenvalue weighted by molar-refractivity contribution is -0.122. The van der Waals surface area contributed by atoms with E-state index >= 15 is 0 Å². The van der Waals surface area contributed by atoms with Crippen molar-refractivity contribution in [3.63, 3.8) is 0 Å². The van der Waals surface area contributed by atoms with Gasteiger partial charge in [-0.1, -0.05) is 0 Å². The van der Waals surface area contributed by atoms with Gasteiger partial charge >= 0.3 is 0 Å². The van der Waals surface area contributed by atoms with Crippen molar-refractivity contribution in [2.75, 3.05) is 13.2 Å². The first-order valence-corrected chi connectivity index (χ1v) is 7.43. The Morgan fingerprint density at radius 1 is 1.40 bits per heavy atom.